The number of carbonyl (C=O) groups excluding carboxylic acids is 3. The third-order valence-electron chi connectivity index (χ3n) is 11.1. The van der Waals surface area contributed by atoms with E-state index in [2.05, 4.69) is 64.9 Å². The van der Waals surface area contributed by atoms with E-state index < -0.39 is 6.04 Å². The zero-order valence-electron chi connectivity index (χ0n) is 31.1. The summed E-state index contributed by atoms with van der Waals surface area (Å²) in [6.45, 7) is 12.0. The second-order valence-electron chi connectivity index (χ2n) is 15.3. The van der Waals surface area contributed by atoms with Crippen LogP contribution in [0.25, 0.3) is 5.70 Å². The van der Waals surface area contributed by atoms with Gasteiger partial charge in [0, 0.05) is 85.6 Å². The van der Waals surface area contributed by atoms with Crippen molar-refractivity contribution in [1.29, 1.82) is 0 Å². The van der Waals surface area contributed by atoms with E-state index in [1.807, 2.05) is 36.4 Å². The highest BCUT2D eigenvalue weighted by molar-refractivity contribution is 5.87. The lowest BCUT2D eigenvalue weighted by molar-refractivity contribution is -0.127. The lowest BCUT2D eigenvalue weighted by Gasteiger charge is -2.54. The third-order valence-corrected chi connectivity index (χ3v) is 11.1. The van der Waals surface area contributed by atoms with E-state index >= 15 is 0 Å². The molecule has 3 aliphatic rings. The van der Waals surface area contributed by atoms with Gasteiger partial charge in [0.1, 0.15) is 30.2 Å². The molecule has 1 unspecified atom stereocenters. The summed E-state index contributed by atoms with van der Waals surface area (Å²) in [5.74, 6) is 2.76. The van der Waals surface area contributed by atoms with Gasteiger partial charge in [-0.25, -0.2) is 4.98 Å². The van der Waals surface area contributed by atoms with Crippen LogP contribution in [0.3, 0.4) is 0 Å². The SMILES string of the molecule is C=C(c1ccc(NC2CC(Oc3ccc(C(C)(C)c4ccc(Oc5ccnc(N6CC7(COC7)C6)n5)cc4)cc3)C2)cc1C=O)N(C)C(C=O)CCC=O. The summed E-state index contributed by atoms with van der Waals surface area (Å²) < 4.78 is 17.8. The number of aromatic nitrogens is 2. The maximum Gasteiger partial charge on any atom is 0.228 e. The first-order valence-corrected chi connectivity index (χ1v) is 18.5. The van der Waals surface area contributed by atoms with Crippen LogP contribution in [0.4, 0.5) is 11.6 Å². The number of anilines is 2. The predicted molar refractivity (Wildman–Crippen MR) is 207 cm³/mol. The minimum atomic E-state index is -0.495. The van der Waals surface area contributed by atoms with Gasteiger partial charge in [-0.2, -0.15) is 4.98 Å². The fourth-order valence-electron chi connectivity index (χ4n) is 7.40. The van der Waals surface area contributed by atoms with Gasteiger partial charge in [-0.05, 0) is 53.9 Å². The van der Waals surface area contributed by atoms with Crippen molar-refractivity contribution in [2.45, 2.75) is 63.1 Å². The average Bonchev–Trinajstić information content (AvgIpc) is 3.13. The van der Waals surface area contributed by atoms with Gasteiger partial charge < -0.3 is 38.9 Å². The van der Waals surface area contributed by atoms with Gasteiger partial charge in [-0.1, -0.05) is 50.8 Å². The van der Waals surface area contributed by atoms with Crippen LogP contribution in [0.2, 0.25) is 0 Å². The number of likely N-dealkylation sites (N-methyl/N-ethyl adjacent to an activating group) is 1. The highest BCUT2D eigenvalue weighted by Gasteiger charge is 2.50. The van der Waals surface area contributed by atoms with Gasteiger partial charge in [0.25, 0.3) is 0 Å². The van der Waals surface area contributed by atoms with Crippen molar-refractivity contribution >= 4 is 36.2 Å². The fourth-order valence-corrected chi connectivity index (χ4v) is 7.40. The molecule has 1 aromatic heterocycles. The number of aldehydes is 3. The number of rotatable bonds is 17. The maximum atomic E-state index is 12.0. The van der Waals surface area contributed by atoms with Crippen molar-refractivity contribution in [3.63, 3.8) is 0 Å². The minimum absolute atomic E-state index is 0.0876. The van der Waals surface area contributed by atoms with Gasteiger partial charge in [-0.15, -0.1) is 0 Å². The quantitative estimate of drug-likeness (QED) is 0.117. The molecule has 2 aliphatic heterocycles. The lowest BCUT2D eigenvalue weighted by atomic mass is 9.78. The molecule has 3 heterocycles. The first kappa shape index (κ1) is 36.8. The number of nitrogens with one attached hydrogen (secondary N) is 1. The summed E-state index contributed by atoms with van der Waals surface area (Å²) in [5, 5.41) is 3.51. The molecule has 0 radical (unpaired) electrons. The number of ether oxygens (including phenoxy) is 3. The van der Waals surface area contributed by atoms with Crippen LogP contribution in [0.1, 0.15) is 66.6 Å². The Bertz CT molecular complexity index is 1980. The maximum absolute atomic E-state index is 12.0. The van der Waals surface area contributed by atoms with Crippen molar-refractivity contribution in [2.75, 3.05) is 43.6 Å². The van der Waals surface area contributed by atoms with Gasteiger partial charge in [0.05, 0.1) is 24.7 Å². The average molecular weight is 730 g/mol. The summed E-state index contributed by atoms with van der Waals surface area (Å²) >= 11 is 0. The Morgan fingerprint density at radius 1 is 1.02 bits per heavy atom. The van der Waals surface area contributed by atoms with E-state index in [0.29, 0.717) is 35.1 Å². The number of hydrogen-bond acceptors (Lipinski definition) is 11. The molecular formula is C43H47N5O6. The zero-order valence-corrected chi connectivity index (χ0v) is 31.1. The molecule has 1 spiro atoms. The Kier molecular flexibility index (Phi) is 10.5. The largest absolute Gasteiger partial charge is 0.490 e. The molecule has 4 aromatic rings. The molecule has 0 bridgehead atoms. The van der Waals surface area contributed by atoms with E-state index in [9.17, 15) is 14.4 Å². The molecule has 54 heavy (non-hydrogen) atoms. The second kappa shape index (κ2) is 15.4. The molecular weight excluding hydrogens is 683 g/mol. The van der Waals surface area contributed by atoms with Crippen LogP contribution in [0.5, 0.6) is 17.4 Å². The fraction of sp³-hybridized carbons (Fsp3) is 0.372. The summed E-state index contributed by atoms with van der Waals surface area (Å²) in [5.41, 5.74) is 4.90. The predicted octanol–water partition coefficient (Wildman–Crippen LogP) is 6.71. The Balaban J connectivity index is 0.890. The van der Waals surface area contributed by atoms with E-state index in [1.54, 1.807) is 30.3 Å². The van der Waals surface area contributed by atoms with Crippen molar-refractivity contribution in [3.05, 3.63) is 108 Å². The molecule has 1 aliphatic carbocycles. The second-order valence-corrected chi connectivity index (χ2v) is 15.3. The summed E-state index contributed by atoms with van der Waals surface area (Å²) in [6.07, 6.45) is 6.55. The number of carbonyl (C=O) groups is 3. The number of nitrogens with zero attached hydrogens (tertiary/aromatic N) is 4. The molecule has 280 valence electrons. The Labute approximate surface area is 316 Å². The topological polar surface area (TPSA) is 123 Å². The van der Waals surface area contributed by atoms with E-state index in [1.165, 1.54) is 5.56 Å². The molecule has 7 rings (SSSR count). The minimum Gasteiger partial charge on any atom is -0.490 e. The molecule has 11 heteroatoms. The smallest absolute Gasteiger partial charge is 0.228 e. The van der Waals surface area contributed by atoms with E-state index in [4.69, 9.17) is 14.2 Å². The van der Waals surface area contributed by atoms with E-state index in [-0.39, 0.29) is 29.4 Å². The first-order valence-electron chi connectivity index (χ1n) is 18.5. The molecule has 11 nitrogen and oxygen atoms in total. The van der Waals surface area contributed by atoms with Crippen molar-refractivity contribution in [3.8, 4) is 17.4 Å². The Morgan fingerprint density at radius 2 is 1.70 bits per heavy atom. The molecule has 0 amide bonds. The first-order chi connectivity index (χ1) is 26.1. The van der Waals surface area contributed by atoms with Crippen LogP contribution >= 0.6 is 0 Å². The molecule has 3 fully saturated rings. The third kappa shape index (κ3) is 7.72. The van der Waals surface area contributed by atoms with Crippen LogP contribution in [0, 0.1) is 5.41 Å². The highest BCUT2D eigenvalue weighted by atomic mass is 16.5. The summed E-state index contributed by atoms with van der Waals surface area (Å²) in [7, 11) is 1.75. The summed E-state index contributed by atoms with van der Waals surface area (Å²) in [4.78, 5) is 47.4. The van der Waals surface area contributed by atoms with Gasteiger partial charge >= 0.3 is 0 Å². The van der Waals surface area contributed by atoms with Gasteiger partial charge in [0.15, 0.2) is 6.29 Å². The normalized spacial score (nSPS) is 19.0. The van der Waals surface area contributed by atoms with Crippen molar-refractivity contribution in [1.82, 2.24) is 14.9 Å². The van der Waals surface area contributed by atoms with Crippen LogP contribution < -0.4 is 19.7 Å². The molecule has 1 N–H and O–H groups in total. The van der Waals surface area contributed by atoms with E-state index in [0.717, 1.165) is 80.8 Å². The van der Waals surface area contributed by atoms with Gasteiger partial charge in [0.2, 0.25) is 11.8 Å². The van der Waals surface area contributed by atoms with Crippen molar-refractivity contribution in [2.24, 2.45) is 5.41 Å². The standard InChI is InChI=1S/C43H47N5O6/c1-29(47(4)35(24-51)6-5-19-49)39-16-11-33(20-30(39)23-50)45-34-21-38(22-34)53-36-12-7-31(8-13-36)42(2,3)32-9-14-37(15-10-32)54-40-17-18-44-41(46-40)48-25-43(26-48)27-52-28-43/h7-20,23-24,34-35,38,45H,1,5-6,21-22,25-28H2,2-4H3. The molecule has 1 saturated carbocycles. The van der Waals surface area contributed by atoms with Gasteiger partial charge in [-0.3, -0.25) is 4.79 Å². The highest BCUT2D eigenvalue weighted by Crippen LogP contribution is 2.40. The Morgan fingerprint density at radius 3 is 2.31 bits per heavy atom. The Hall–Kier alpha value is -5.55. The molecule has 3 aromatic carbocycles. The molecule has 2 saturated heterocycles. The molecule has 1 atom stereocenters. The monoisotopic (exact) mass is 729 g/mol. The lowest BCUT2D eigenvalue weighted by Crippen LogP contribution is -2.66. The zero-order chi connectivity index (χ0) is 37.9. The van der Waals surface area contributed by atoms with Crippen LogP contribution in [0.15, 0.2) is 85.6 Å². The number of benzene rings is 3. The summed E-state index contributed by atoms with van der Waals surface area (Å²) in [6, 6.07) is 23.5. The number of hydrogen-bond donors (Lipinski definition) is 1. The van der Waals surface area contributed by atoms with Crippen molar-refractivity contribution < 1.29 is 28.6 Å². The van der Waals surface area contributed by atoms with Crippen LogP contribution in [-0.4, -0.2) is 85.3 Å². The van der Waals surface area contributed by atoms with Crippen LogP contribution in [-0.2, 0) is 19.7 Å².